The van der Waals surface area contributed by atoms with E-state index >= 15 is 0 Å². The molecule has 2 N–H and O–H groups in total. The minimum atomic E-state index is -5.10. The minimum absolute atomic E-state index is 0.0620. The molecular formula is C41H22BBrF19N5O2. The summed E-state index contributed by atoms with van der Waals surface area (Å²) in [6.07, 6.45) is -26.2. The average molecular weight is 1070 g/mol. The van der Waals surface area contributed by atoms with Crippen LogP contribution in [0.1, 0.15) is 39.1 Å². The van der Waals surface area contributed by atoms with Gasteiger partial charge in [-0.05, 0) is 72.2 Å². The number of pyridine rings is 1. The molecule has 4 aromatic carbocycles. The van der Waals surface area contributed by atoms with Crippen molar-refractivity contribution in [1.82, 2.24) is 24.7 Å². The number of fused-ring (bicyclic) bond motifs is 1. The Bertz CT molecular complexity index is 2860. The van der Waals surface area contributed by atoms with Crippen LogP contribution in [0, 0.1) is 5.82 Å². The lowest BCUT2D eigenvalue weighted by molar-refractivity contribution is -0.144. The molecule has 1 aromatic heterocycles. The van der Waals surface area contributed by atoms with Gasteiger partial charge in [-0.2, -0.15) is 89.2 Å². The molecule has 69 heavy (non-hydrogen) atoms. The fraction of sp³-hybridized carbons (Fsp3) is 0.171. The fourth-order valence-electron chi connectivity index (χ4n) is 5.89. The quantitative estimate of drug-likeness (QED) is 0.132. The van der Waals surface area contributed by atoms with Crippen LogP contribution in [0.3, 0.4) is 0 Å². The Kier molecular flexibility index (Phi) is 15.5. The van der Waals surface area contributed by atoms with Crippen molar-refractivity contribution in [2.24, 2.45) is 0 Å². The predicted octanol–water partition coefficient (Wildman–Crippen LogP) is 12.6. The van der Waals surface area contributed by atoms with Gasteiger partial charge < -0.3 is 14.6 Å². The standard InChI is InChI=1S/C25H14F7N5.C8H5BF6O2.C8H3BrF6/c26-19-4-2-1-3-17(19)23-33-21-9-10-37(13-22(21)34-23)12-15-6-8-20(36-35-15)16-7-5-14(24(27,28)29)11-18(16)25(30,31)32;10-7(11,12)4-1-2-6(9(16)17)5(3-4)8(13,14)15;9-6-2-1-4(7(10,11)12)3-5(6)8(13,14)15/h1-11,13H,12H2;1-3,16-17H;1-3H. The molecule has 366 valence electrons. The van der Waals surface area contributed by atoms with E-state index in [2.05, 4.69) is 36.1 Å². The number of hydrogen-bond donors (Lipinski definition) is 2. The monoisotopic (exact) mass is 1070 g/mol. The smallest absolute Gasteiger partial charge is 0.423 e. The number of halogens is 20. The molecule has 7 rings (SSSR count). The van der Waals surface area contributed by atoms with Crippen molar-refractivity contribution in [3.8, 4) is 34.0 Å². The summed E-state index contributed by atoms with van der Waals surface area (Å²) in [5.74, 6) is -0.227. The second-order valence-electron chi connectivity index (χ2n) is 13.9. The van der Waals surface area contributed by atoms with Crippen LogP contribution in [0.2, 0.25) is 0 Å². The maximum Gasteiger partial charge on any atom is 0.489 e. The first-order valence-corrected chi connectivity index (χ1v) is 19.2. The van der Waals surface area contributed by atoms with Gasteiger partial charge in [0, 0.05) is 22.4 Å². The minimum Gasteiger partial charge on any atom is -0.423 e. The topological polar surface area (TPSA) is 97.0 Å². The van der Waals surface area contributed by atoms with Crippen LogP contribution < -0.4 is 5.46 Å². The van der Waals surface area contributed by atoms with Gasteiger partial charge in [-0.25, -0.2) is 14.4 Å². The van der Waals surface area contributed by atoms with Crippen molar-refractivity contribution in [2.75, 3.05) is 0 Å². The Morgan fingerprint density at radius 2 is 1.00 bits per heavy atom. The number of aromatic nitrogens is 5. The summed E-state index contributed by atoms with van der Waals surface area (Å²) in [6, 6.07) is 13.8. The van der Waals surface area contributed by atoms with Crippen molar-refractivity contribution in [1.29, 1.82) is 0 Å². The predicted molar refractivity (Wildman–Crippen MR) is 209 cm³/mol. The van der Waals surface area contributed by atoms with E-state index in [-0.39, 0.29) is 41.8 Å². The molecule has 0 aliphatic carbocycles. The molecule has 0 saturated carbocycles. The van der Waals surface area contributed by atoms with Crippen molar-refractivity contribution >= 4 is 28.5 Å². The second-order valence-corrected chi connectivity index (χ2v) is 14.8. The number of benzene rings is 4. The zero-order valence-electron chi connectivity index (χ0n) is 33.4. The summed E-state index contributed by atoms with van der Waals surface area (Å²) in [7, 11) is -2.49. The van der Waals surface area contributed by atoms with E-state index in [0.29, 0.717) is 41.3 Å². The van der Waals surface area contributed by atoms with Gasteiger partial charge >= 0.3 is 44.2 Å². The van der Waals surface area contributed by atoms with Crippen LogP contribution >= 0.6 is 15.9 Å². The Morgan fingerprint density at radius 3 is 1.51 bits per heavy atom. The molecule has 0 spiro atoms. The van der Waals surface area contributed by atoms with Gasteiger partial charge in [0.05, 0.1) is 62.6 Å². The Morgan fingerprint density at radius 1 is 0.493 bits per heavy atom. The highest BCUT2D eigenvalue weighted by atomic mass is 79.9. The Hall–Kier alpha value is -6.29. The lowest BCUT2D eigenvalue weighted by atomic mass is 9.76. The number of rotatable bonds is 5. The summed E-state index contributed by atoms with van der Waals surface area (Å²) in [5.41, 5.74) is -8.84. The lowest BCUT2D eigenvalue weighted by Crippen LogP contribution is -2.36. The van der Waals surface area contributed by atoms with Crippen LogP contribution in [-0.4, -0.2) is 41.9 Å². The largest absolute Gasteiger partial charge is 0.489 e. The molecule has 28 heteroatoms. The van der Waals surface area contributed by atoms with Gasteiger partial charge in [-0.1, -0.05) is 46.3 Å². The van der Waals surface area contributed by atoms with Crippen LogP contribution in [0.4, 0.5) is 83.4 Å². The molecule has 0 bridgehead atoms. The normalized spacial score (nSPS) is 12.6. The molecule has 0 unspecified atom stereocenters. The molecule has 0 amide bonds. The maximum absolute atomic E-state index is 14.1. The highest BCUT2D eigenvalue weighted by Gasteiger charge is 2.41. The SMILES string of the molecule is FC(F)(F)c1ccc(Br)c(C(F)(F)F)c1.Fc1ccccc1-c1nc2ccn(Cc3ccc(-c4ccc(C(F)(F)F)cc4C(F)(F)F)nn3)cc-2n1.OB(O)c1ccc(C(F)(F)F)cc1C(F)(F)F. The first kappa shape index (κ1) is 53.7. The third-order valence-corrected chi connectivity index (χ3v) is 9.79. The highest BCUT2D eigenvalue weighted by Crippen LogP contribution is 2.42. The van der Waals surface area contributed by atoms with Crippen LogP contribution in [0.5, 0.6) is 0 Å². The van der Waals surface area contributed by atoms with E-state index in [1.165, 1.54) is 18.2 Å². The van der Waals surface area contributed by atoms with Crippen molar-refractivity contribution < 1.29 is 93.5 Å². The van der Waals surface area contributed by atoms with Crippen LogP contribution in [-0.2, 0) is 43.6 Å². The molecule has 7 nitrogen and oxygen atoms in total. The first-order valence-electron chi connectivity index (χ1n) is 18.4. The Labute approximate surface area is 382 Å². The number of nitrogens with zero attached hydrogens (tertiary/aromatic N) is 5. The Balaban J connectivity index is 0.000000229. The van der Waals surface area contributed by atoms with Gasteiger partial charge in [-0.15, -0.1) is 0 Å². The second kappa shape index (κ2) is 20.0. The summed E-state index contributed by atoms with van der Waals surface area (Å²) < 4.78 is 241. The molecule has 5 aromatic rings. The number of hydrogen-bond acceptors (Lipinski definition) is 6. The summed E-state index contributed by atoms with van der Waals surface area (Å²) in [4.78, 5) is 8.69. The molecule has 3 heterocycles. The maximum atomic E-state index is 14.1. The summed E-state index contributed by atoms with van der Waals surface area (Å²) in [5, 5.41) is 25.0. The van der Waals surface area contributed by atoms with E-state index < -0.39 is 98.9 Å². The molecule has 2 aliphatic rings. The molecular weight excluding hydrogens is 1050 g/mol. The van der Waals surface area contributed by atoms with Crippen molar-refractivity contribution in [3.63, 3.8) is 0 Å². The van der Waals surface area contributed by atoms with E-state index in [1.807, 2.05) is 0 Å². The summed E-state index contributed by atoms with van der Waals surface area (Å²) in [6.45, 7) is 0.171. The van der Waals surface area contributed by atoms with Crippen molar-refractivity contribution in [2.45, 2.75) is 43.6 Å². The zero-order valence-corrected chi connectivity index (χ0v) is 35.0. The van der Waals surface area contributed by atoms with Gasteiger partial charge in [0.15, 0.2) is 5.82 Å². The highest BCUT2D eigenvalue weighted by molar-refractivity contribution is 9.10. The van der Waals surface area contributed by atoms with E-state index in [9.17, 15) is 83.4 Å². The lowest BCUT2D eigenvalue weighted by Gasteiger charge is -2.15. The van der Waals surface area contributed by atoms with Crippen LogP contribution in [0.15, 0.2) is 114 Å². The molecule has 2 aliphatic heterocycles. The van der Waals surface area contributed by atoms with E-state index in [4.69, 9.17) is 10.0 Å². The average Bonchev–Trinajstić information content (AvgIpc) is 3.65. The molecule has 0 atom stereocenters. The summed E-state index contributed by atoms with van der Waals surface area (Å²) >= 11 is 2.55. The third-order valence-electron chi connectivity index (χ3n) is 9.10. The van der Waals surface area contributed by atoms with Crippen LogP contribution in [0.25, 0.3) is 34.0 Å². The zero-order chi connectivity index (χ0) is 51.7. The molecule has 0 radical (unpaired) electrons. The fourth-order valence-corrected chi connectivity index (χ4v) is 6.36. The molecule has 0 saturated heterocycles. The number of alkyl halides is 18. The molecule has 0 fully saturated rings. The van der Waals surface area contributed by atoms with Gasteiger partial charge in [0.2, 0.25) is 0 Å². The van der Waals surface area contributed by atoms with Crippen molar-refractivity contribution in [3.05, 3.63) is 159 Å². The van der Waals surface area contributed by atoms with Gasteiger partial charge in [0.1, 0.15) is 11.5 Å². The number of imidazole rings is 1. The van der Waals surface area contributed by atoms with Gasteiger partial charge in [-0.3, -0.25) is 0 Å². The van der Waals surface area contributed by atoms with E-state index in [1.54, 1.807) is 41.2 Å². The van der Waals surface area contributed by atoms with Gasteiger partial charge in [0.25, 0.3) is 0 Å². The first-order chi connectivity index (χ1) is 31.6. The third kappa shape index (κ3) is 13.7. The van der Waals surface area contributed by atoms with E-state index in [0.717, 1.165) is 12.1 Å².